The second-order valence-corrected chi connectivity index (χ2v) is 13.7. The van der Waals surface area contributed by atoms with E-state index in [1.54, 1.807) is 0 Å². The van der Waals surface area contributed by atoms with Crippen LogP contribution in [0.3, 0.4) is 0 Å². The van der Waals surface area contributed by atoms with Crippen molar-refractivity contribution in [2.45, 2.75) is 124 Å². The molecule has 4 rings (SSSR count). The third-order valence-corrected chi connectivity index (χ3v) is 11.5. The van der Waals surface area contributed by atoms with Gasteiger partial charge in [0.25, 0.3) is 0 Å². The number of carbonyl (C=O) groups is 1. The van der Waals surface area contributed by atoms with E-state index in [1.165, 1.54) is 44.6 Å². The number of rotatable bonds is 6. The Labute approximate surface area is 207 Å². The Morgan fingerprint density at radius 3 is 2.50 bits per heavy atom. The lowest BCUT2D eigenvalue weighted by molar-refractivity contribution is -0.154. The monoisotopic (exact) mass is 474 g/mol. The van der Waals surface area contributed by atoms with Crippen molar-refractivity contribution in [3.63, 3.8) is 0 Å². The minimum Gasteiger partial charge on any atom is -0.462 e. The maximum absolute atomic E-state index is 12.0. The van der Waals surface area contributed by atoms with E-state index in [0.717, 1.165) is 37.0 Å². The Morgan fingerprint density at radius 1 is 1.15 bits per heavy atom. The standard InChI is InChI=1S/C30H50O4/c1-18(28(4,5)33)16-27(34-20(3)31)19(2)24-10-11-25-23-9-8-21-17-22(32)12-14-29(21,6)26(23)13-15-30(24,25)7/h8,18-19,22-27,32-33H,9-17H2,1-7H3/t18?,19-,22-,23-,24+,25-,26-,27?,29-,30+/m0/s1. The van der Waals surface area contributed by atoms with Crippen molar-refractivity contribution in [3.05, 3.63) is 11.6 Å². The lowest BCUT2D eigenvalue weighted by Gasteiger charge is -2.58. The Kier molecular flexibility index (Phi) is 7.10. The van der Waals surface area contributed by atoms with Gasteiger partial charge in [0, 0.05) is 6.92 Å². The number of aliphatic hydroxyl groups is 2. The fourth-order valence-corrected chi connectivity index (χ4v) is 9.03. The van der Waals surface area contributed by atoms with Crippen LogP contribution < -0.4 is 0 Å². The van der Waals surface area contributed by atoms with Crippen molar-refractivity contribution in [1.82, 2.24) is 0 Å². The van der Waals surface area contributed by atoms with Gasteiger partial charge < -0.3 is 14.9 Å². The fraction of sp³-hybridized carbons (Fsp3) is 0.900. The maximum Gasteiger partial charge on any atom is 0.302 e. The molecule has 0 radical (unpaired) electrons. The van der Waals surface area contributed by atoms with Gasteiger partial charge in [0.15, 0.2) is 0 Å². The van der Waals surface area contributed by atoms with Crippen LogP contribution in [0.2, 0.25) is 0 Å². The van der Waals surface area contributed by atoms with E-state index in [0.29, 0.717) is 12.3 Å². The van der Waals surface area contributed by atoms with Gasteiger partial charge in [-0.2, -0.15) is 0 Å². The number of aliphatic hydroxyl groups excluding tert-OH is 1. The van der Waals surface area contributed by atoms with Crippen molar-refractivity contribution in [3.8, 4) is 0 Å². The summed E-state index contributed by atoms with van der Waals surface area (Å²) in [4.78, 5) is 12.0. The lowest BCUT2D eigenvalue weighted by Crippen LogP contribution is -2.51. The first-order chi connectivity index (χ1) is 15.8. The first kappa shape index (κ1) is 26.2. The smallest absolute Gasteiger partial charge is 0.302 e. The molecule has 3 saturated carbocycles. The van der Waals surface area contributed by atoms with E-state index in [9.17, 15) is 15.0 Å². The zero-order valence-corrected chi connectivity index (χ0v) is 22.8. The zero-order valence-electron chi connectivity index (χ0n) is 22.8. The molecule has 0 aromatic heterocycles. The normalized spacial score (nSPS) is 42.5. The summed E-state index contributed by atoms with van der Waals surface area (Å²) < 4.78 is 5.94. The van der Waals surface area contributed by atoms with Crippen LogP contribution in [-0.2, 0) is 9.53 Å². The van der Waals surface area contributed by atoms with E-state index < -0.39 is 5.60 Å². The highest BCUT2D eigenvalue weighted by molar-refractivity contribution is 5.66. The topological polar surface area (TPSA) is 66.8 Å². The SMILES string of the molecule is CC(=O)OC(CC(C)C(C)(C)O)[C@@H](C)[C@H]1CC[C@H]2[C@@H]3CC=C4C[C@@H](O)CC[C@]4(C)[C@H]3CC[C@]12C. The summed E-state index contributed by atoms with van der Waals surface area (Å²) in [5.74, 6) is 2.89. The molecule has 34 heavy (non-hydrogen) atoms. The zero-order chi connectivity index (χ0) is 25.1. The van der Waals surface area contributed by atoms with Gasteiger partial charge in [-0.05, 0) is 118 Å². The molecule has 10 atom stereocenters. The van der Waals surface area contributed by atoms with E-state index >= 15 is 0 Å². The maximum atomic E-state index is 12.0. The summed E-state index contributed by atoms with van der Waals surface area (Å²) in [7, 11) is 0. The van der Waals surface area contributed by atoms with Gasteiger partial charge in [0.05, 0.1) is 11.7 Å². The number of ether oxygens (including phenoxy) is 1. The van der Waals surface area contributed by atoms with Crippen LogP contribution >= 0.6 is 0 Å². The molecule has 0 saturated heterocycles. The van der Waals surface area contributed by atoms with Crippen molar-refractivity contribution >= 4 is 5.97 Å². The Balaban J connectivity index is 1.55. The fourth-order valence-electron chi connectivity index (χ4n) is 9.03. The summed E-state index contributed by atoms with van der Waals surface area (Å²) in [6, 6.07) is 0. The first-order valence-corrected chi connectivity index (χ1v) is 14.0. The molecule has 0 aromatic rings. The molecular formula is C30H50O4. The third kappa shape index (κ3) is 4.51. The minimum atomic E-state index is -0.784. The van der Waals surface area contributed by atoms with Crippen LogP contribution in [0.4, 0.5) is 0 Å². The Bertz CT molecular complexity index is 796. The van der Waals surface area contributed by atoms with Gasteiger partial charge in [-0.15, -0.1) is 0 Å². The molecule has 0 spiro atoms. The summed E-state index contributed by atoms with van der Waals surface area (Å²) in [6.07, 6.45) is 12.1. The molecule has 2 N–H and O–H groups in total. The van der Waals surface area contributed by atoms with E-state index in [2.05, 4.69) is 33.8 Å². The molecule has 4 nitrogen and oxygen atoms in total. The van der Waals surface area contributed by atoms with Crippen LogP contribution in [0.15, 0.2) is 11.6 Å². The summed E-state index contributed by atoms with van der Waals surface area (Å²) in [5.41, 5.74) is 1.31. The number of fused-ring (bicyclic) bond motifs is 5. The average molecular weight is 475 g/mol. The number of allylic oxidation sites excluding steroid dienone is 1. The largest absolute Gasteiger partial charge is 0.462 e. The number of carbonyl (C=O) groups excluding carboxylic acids is 1. The predicted octanol–water partition coefficient (Wildman–Crippen LogP) is 6.29. The molecule has 0 amide bonds. The molecule has 4 heteroatoms. The summed E-state index contributed by atoms with van der Waals surface area (Å²) in [6.45, 7) is 14.6. The van der Waals surface area contributed by atoms with Gasteiger partial charge >= 0.3 is 5.97 Å². The molecule has 194 valence electrons. The van der Waals surface area contributed by atoms with Gasteiger partial charge in [-0.3, -0.25) is 4.79 Å². The van der Waals surface area contributed by atoms with Crippen LogP contribution in [0.5, 0.6) is 0 Å². The van der Waals surface area contributed by atoms with Crippen LogP contribution in [0, 0.1) is 46.3 Å². The molecule has 0 heterocycles. The van der Waals surface area contributed by atoms with Crippen LogP contribution in [0.25, 0.3) is 0 Å². The Hall–Kier alpha value is -0.870. The molecule has 0 aromatic carbocycles. The average Bonchev–Trinajstić information content (AvgIpc) is 3.09. The molecule has 3 fully saturated rings. The molecule has 2 unspecified atom stereocenters. The highest BCUT2D eigenvalue weighted by Crippen LogP contribution is 2.67. The first-order valence-electron chi connectivity index (χ1n) is 14.0. The Morgan fingerprint density at radius 2 is 1.85 bits per heavy atom. The number of esters is 1. The van der Waals surface area contributed by atoms with Crippen LogP contribution in [0.1, 0.15) is 106 Å². The van der Waals surface area contributed by atoms with Crippen molar-refractivity contribution < 1.29 is 19.7 Å². The minimum absolute atomic E-state index is 0.0588. The van der Waals surface area contributed by atoms with E-state index in [4.69, 9.17) is 4.74 Å². The highest BCUT2D eigenvalue weighted by Gasteiger charge is 2.59. The van der Waals surface area contributed by atoms with Gasteiger partial charge in [0.1, 0.15) is 6.10 Å². The van der Waals surface area contributed by atoms with Crippen molar-refractivity contribution in [2.24, 2.45) is 46.3 Å². The van der Waals surface area contributed by atoms with Gasteiger partial charge in [0.2, 0.25) is 0 Å². The third-order valence-electron chi connectivity index (χ3n) is 11.5. The van der Waals surface area contributed by atoms with Crippen molar-refractivity contribution in [2.75, 3.05) is 0 Å². The quantitative estimate of drug-likeness (QED) is 0.351. The number of hydrogen-bond acceptors (Lipinski definition) is 4. The molecule has 0 aliphatic heterocycles. The predicted molar refractivity (Wildman–Crippen MR) is 136 cm³/mol. The van der Waals surface area contributed by atoms with Gasteiger partial charge in [-0.1, -0.05) is 39.3 Å². The van der Waals surface area contributed by atoms with Gasteiger partial charge in [-0.25, -0.2) is 0 Å². The summed E-state index contributed by atoms with van der Waals surface area (Å²) in [5, 5.41) is 20.8. The molecule has 0 bridgehead atoms. The molecular weight excluding hydrogens is 424 g/mol. The highest BCUT2D eigenvalue weighted by atomic mass is 16.5. The number of hydrogen-bond donors (Lipinski definition) is 2. The molecule has 4 aliphatic rings. The lowest BCUT2D eigenvalue weighted by atomic mass is 9.47. The van der Waals surface area contributed by atoms with Crippen LogP contribution in [-0.4, -0.2) is 34.0 Å². The van der Waals surface area contributed by atoms with Crippen molar-refractivity contribution in [1.29, 1.82) is 0 Å². The van der Waals surface area contributed by atoms with E-state index in [1.807, 2.05) is 13.8 Å². The second kappa shape index (κ2) is 9.21. The molecule has 4 aliphatic carbocycles. The summed E-state index contributed by atoms with van der Waals surface area (Å²) >= 11 is 0. The van der Waals surface area contributed by atoms with E-state index in [-0.39, 0.29) is 40.8 Å². The second-order valence-electron chi connectivity index (χ2n) is 13.7.